The van der Waals surface area contributed by atoms with Crippen LogP contribution in [0.25, 0.3) is 6.08 Å². The Kier molecular flexibility index (Phi) is 2.54. The number of benzene rings is 1. The molecule has 0 amide bonds. The summed E-state index contributed by atoms with van der Waals surface area (Å²) in [5, 5.41) is 9.38. The molecule has 11 heavy (non-hydrogen) atoms. The summed E-state index contributed by atoms with van der Waals surface area (Å²) in [7, 11) is 0. The third-order valence-corrected chi connectivity index (χ3v) is 2.33. The number of rotatable bonds is 1. The molecule has 0 saturated carbocycles. The summed E-state index contributed by atoms with van der Waals surface area (Å²) in [6, 6.07) is 3.81. The fourth-order valence-corrected chi connectivity index (χ4v) is 1.67. The molecule has 58 valence electrons. The van der Waals surface area contributed by atoms with E-state index in [0.29, 0.717) is 5.75 Å². The third-order valence-electron chi connectivity index (χ3n) is 1.51. The van der Waals surface area contributed by atoms with Crippen molar-refractivity contribution in [3.8, 4) is 5.75 Å². The second kappa shape index (κ2) is 3.26. The normalized spacial score (nSPS) is 9.64. The Labute approximate surface area is 79.9 Å². The lowest BCUT2D eigenvalue weighted by Gasteiger charge is -2.02. The maximum atomic E-state index is 9.38. The number of phenolic OH excluding ortho intramolecular Hbond substituents is 1. The summed E-state index contributed by atoms with van der Waals surface area (Å²) in [6.07, 6.45) is 1.77. The van der Waals surface area contributed by atoms with Gasteiger partial charge in [0.2, 0.25) is 0 Å². The third kappa shape index (κ3) is 1.74. The van der Waals surface area contributed by atoms with Crippen LogP contribution in [0.2, 0.25) is 0 Å². The Hall–Kier alpha value is -0.510. The number of hydrogen-bond acceptors (Lipinski definition) is 1. The Morgan fingerprint density at radius 3 is 2.64 bits per heavy atom. The fourth-order valence-electron chi connectivity index (χ4n) is 0.881. The van der Waals surface area contributed by atoms with E-state index in [1.165, 1.54) is 0 Å². The zero-order valence-electron chi connectivity index (χ0n) is 6.26. The van der Waals surface area contributed by atoms with Crippen molar-refractivity contribution in [1.29, 1.82) is 0 Å². The molecule has 0 fully saturated rings. The van der Waals surface area contributed by atoms with Crippen molar-refractivity contribution in [1.82, 2.24) is 0 Å². The van der Waals surface area contributed by atoms with Gasteiger partial charge in [-0.15, -0.1) is 0 Å². The van der Waals surface area contributed by atoms with Crippen LogP contribution >= 0.6 is 22.6 Å². The molecule has 0 aliphatic carbocycles. The van der Waals surface area contributed by atoms with Crippen molar-refractivity contribution in [2.24, 2.45) is 0 Å². The van der Waals surface area contributed by atoms with E-state index in [1.807, 2.05) is 19.1 Å². The highest BCUT2D eigenvalue weighted by Gasteiger charge is 2.01. The monoisotopic (exact) mass is 260 g/mol. The van der Waals surface area contributed by atoms with Crippen LogP contribution < -0.4 is 0 Å². The van der Waals surface area contributed by atoms with Gasteiger partial charge < -0.3 is 5.11 Å². The maximum Gasteiger partial charge on any atom is 0.131 e. The van der Waals surface area contributed by atoms with Crippen molar-refractivity contribution < 1.29 is 5.11 Å². The first-order chi connectivity index (χ1) is 5.15. The molecule has 0 saturated heterocycles. The predicted molar refractivity (Wildman–Crippen MR) is 55.7 cm³/mol. The molecule has 0 heterocycles. The summed E-state index contributed by atoms with van der Waals surface area (Å²) in [5.41, 5.74) is 1.94. The second-order valence-corrected chi connectivity index (χ2v) is 3.53. The van der Waals surface area contributed by atoms with Gasteiger partial charge in [-0.3, -0.25) is 0 Å². The van der Waals surface area contributed by atoms with E-state index in [-0.39, 0.29) is 0 Å². The molecule has 0 atom stereocenters. The molecule has 1 aromatic carbocycles. The maximum absolute atomic E-state index is 9.38. The molecule has 0 spiro atoms. The van der Waals surface area contributed by atoms with E-state index in [2.05, 4.69) is 29.2 Å². The van der Waals surface area contributed by atoms with Gasteiger partial charge in [0.25, 0.3) is 0 Å². The number of hydrogen-bond donors (Lipinski definition) is 1. The van der Waals surface area contributed by atoms with Crippen LogP contribution in [0.1, 0.15) is 11.1 Å². The second-order valence-electron chi connectivity index (χ2n) is 2.37. The van der Waals surface area contributed by atoms with Crippen LogP contribution in [0.4, 0.5) is 0 Å². The first kappa shape index (κ1) is 8.59. The van der Waals surface area contributed by atoms with Crippen LogP contribution in [-0.2, 0) is 0 Å². The highest BCUT2D eigenvalue weighted by molar-refractivity contribution is 14.1. The number of phenols is 1. The first-order valence-corrected chi connectivity index (χ1v) is 4.34. The lowest BCUT2D eigenvalue weighted by atomic mass is 10.1. The SMILES string of the molecule is C=Cc1cc(C)c(O)c(I)c1. The Bertz CT molecular complexity index is 269. The van der Waals surface area contributed by atoms with Gasteiger partial charge in [0.05, 0.1) is 3.57 Å². The van der Waals surface area contributed by atoms with Gasteiger partial charge in [0.1, 0.15) is 5.75 Å². The average Bonchev–Trinajstić information content (AvgIpc) is 1.99. The first-order valence-electron chi connectivity index (χ1n) is 3.26. The lowest BCUT2D eigenvalue weighted by molar-refractivity contribution is 0.467. The van der Waals surface area contributed by atoms with Gasteiger partial charge in [-0.2, -0.15) is 0 Å². The van der Waals surface area contributed by atoms with Crippen molar-refractivity contribution in [3.63, 3.8) is 0 Å². The highest BCUT2D eigenvalue weighted by atomic mass is 127. The molecule has 1 aromatic rings. The molecule has 0 aromatic heterocycles. The molecule has 0 aliphatic heterocycles. The smallest absolute Gasteiger partial charge is 0.131 e. The zero-order chi connectivity index (χ0) is 8.43. The van der Waals surface area contributed by atoms with E-state index in [0.717, 1.165) is 14.7 Å². The summed E-state index contributed by atoms with van der Waals surface area (Å²) in [4.78, 5) is 0. The Morgan fingerprint density at radius 2 is 2.18 bits per heavy atom. The van der Waals surface area contributed by atoms with Gasteiger partial charge in [-0.25, -0.2) is 0 Å². The molecule has 0 bridgehead atoms. The topological polar surface area (TPSA) is 20.2 Å². The molecule has 0 radical (unpaired) electrons. The van der Waals surface area contributed by atoms with Gasteiger partial charge in [-0.05, 0) is 52.8 Å². The van der Waals surface area contributed by atoms with Crippen LogP contribution in [0, 0.1) is 10.5 Å². The van der Waals surface area contributed by atoms with Crippen molar-refractivity contribution in [2.45, 2.75) is 6.92 Å². The zero-order valence-corrected chi connectivity index (χ0v) is 8.42. The minimum absolute atomic E-state index is 0.371. The minimum atomic E-state index is 0.371. The highest BCUT2D eigenvalue weighted by Crippen LogP contribution is 2.25. The van der Waals surface area contributed by atoms with Gasteiger partial charge in [-0.1, -0.05) is 12.7 Å². The van der Waals surface area contributed by atoms with Gasteiger partial charge in [0, 0.05) is 0 Å². The predicted octanol–water partition coefficient (Wildman–Crippen LogP) is 2.95. The summed E-state index contributed by atoms with van der Waals surface area (Å²) >= 11 is 2.10. The minimum Gasteiger partial charge on any atom is -0.507 e. The van der Waals surface area contributed by atoms with Crippen molar-refractivity contribution in [2.75, 3.05) is 0 Å². The van der Waals surface area contributed by atoms with Crippen molar-refractivity contribution >= 4 is 28.7 Å². The van der Waals surface area contributed by atoms with E-state index >= 15 is 0 Å². The summed E-state index contributed by atoms with van der Waals surface area (Å²) in [6.45, 7) is 5.54. The lowest BCUT2D eigenvalue weighted by Crippen LogP contribution is -1.81. The number of halogens is 1. The van der Waals surface area contributed by atoms with Crippen LogP contribution in [0.5, 0.6) is 5.75 Å². The quantitative estimate of drug-likeness (QED) is 0.769. The van der Waals surface area contributed by atoms with E-state index in [1.54, 1.807) is 6.08 Å². The molecular weight excluding hydrogens is 251 g/mol. The molecule has 1 rings (SSSR count). The molecule has 2 heteroatoms. The Morgan fingerprint density at radius 1 is 1.55 bits per heavy atom. The van der Waals surface area contributed by atoms with Gasteiger partial charge >= 0.3 is 0 Å². The average molecular weight is 260 g/mol. The van der Waals surface area contributed by atoms with E-state index in [4.69, 9.17) is 0 Å². The van der Waals surface area contributed by atoms with Crippen LogP contribution in [0.3, 0.4) is 0 Å². The Balaban J connectivity index is 3.31. The molecule has 0 aliphatic rings. The van der Waals surface area contributed by atoms with Crippen molar-refractivity contribution in [3.05, 3.63) is 33.4 Å². The largest absolute Gasteiger partial charge is 0.507 e. The van der Waals surface area contributed by atoms with E-state index in [9.17, 15) is 5.11 Å². The van der Waals surface area contributed by atoms with Crippen LogP contribution in [-0.4, -0.2) is 5.11 Å². The molecule has 0 unspecified atom stereocenters. The molecular formula is C9H9IO. The van der Waals surface area contributed by atoms with E-state index < -0.39 is 0 Å². The standard InChI is InChI=1S/C9H9IO/c1-3-7-4-6(2)9(11)8(10)5-7/h3-5,11H,1H2,2H3. The fraction of sp³-hybridized carbons (Fsp3) is 0.111. The number of aryl methyl sites for hydroxylation is 1. The summed E-state index contributed by atoms with van der Waals surface area (Å²) in [5.74, 6) is 0.371. The van der Waals surface area contributed by atoms with Crippen LogP contribution in [0.15, 0.2) is 18.7 Å². The van der Waals surface area contributed by atoms with Gasteiger partial charge in [0.15, 0.2) is 0 Å². The molecule has 1 N–H and O–H groups in total. The molecule has 1 nitrogen and oxygen atoms in total. The summed E-state index contributed by atoms with van der Waals surface area (Å²) < 4.78 is 0.873. The number of aromatic hydroxyl groups is 1.